The van der Waals surface area contributed by atoms with Crippen molar-refractivity contribution in [2.45, 2.75) is 19.0 Å². The van der Waals surface area contributed by atoms with Gasteiger partial charge in [-0.3, -0.25) is 4.79 Å². The molecule has 0 amide bonds. The van der Waals surface area contributed by atoms with E-state index < -0.39 is 12.0 Å². The molecular weight excluding hydrogens is 375 g/mol. The number of hydrogen-bond donors (Lipinski definition) is 3. The molecule has 7 heteroatoms. The van der Waals surface area contributed by atoms with E-state index >= 15 is 0 Å². The topological polar surface area (TPSA) is 74.3 Å². The van der Waals surface area contributed by atoms with Gasteiger partial charge in [0.05, 0.1) is 17.2 Å². The van der Waals surface area contributed by atoms with Gasteiger partial charge < -0.3 is 20.1 Å². The van der Waals surface area contributed by atoms with Crippen LogP contribution >= 0.6 is 23.2 Å². The summed E-state index contributed by atoms with van der Waals surface area (Å²) in [5.41, 5.74) is 2.72. The van der Waals surface area contributed by atoms with Gasteiger partial charge in [0, 0.05) is 30.1 Å². The molecule has 3 aromatic rings. The molecule has 0 fully saturated rings. The lowest BCUT2D eigenvalue weighted by Gasteiger charge is -2.15. The highest BCUT2D eigenvalue weighted by Gasteiger charge is 2.19. The van der Waals surface area contributed by atoms with Gasteiger partial charge in [0.2, 0.25) is 0 Å². The van der Waals surface area contributed by atoms with E-state index in [-0.39, 0.29) is 0 Å². The van der Waals surface area contributed by atoms with E-state index in [4.69, 9.17) is 27.9 Å². The number of hydrogen-bond acceptors (Lipinski definition) is 3. The zero-order valence-electron chi connectivity index (χ0n) is 14.1. The van der Waals surface area contributed by atoms with Gasteiger partial charge in [-0.05, 0) is 29.3 Å². The Labute approximate surface area is 160 Å². The first-order valence-electron chi connectivity index (χ1n) is 8.02. The maximum Gasteiger partial charge on any atom is 0.321 e. The number of para-hydroxylation sites is 1. The van der Waals surface area contributed by atoms with E-state index in [0.717, 1.165) is 22.0 Å². The molecule has 0 aliphatic rings. The summed E-state index contributed by atoms with van der Waals surface area (Å²) in [5.74, 6) is -0.508. The Bertz CT molecular complexity index is 916. The fourth-order valence-electron chi connectivity index (χ4n) is 2.92. The van der Waals surface area contributed by atoms with Crippen LogP contribution in [0.3, 0.4) is 0 Å². The molecule has 26 heavy (non-hydrogen) atoms. The Morgan fingerprint density at radius 2 is 1.96 bits per heavy atom. The summed E-state index contributed by atoms with van der Waals surface area (Å²) in [6, 6.07) is 10.5. The molecule has 0 radical (unpaired) electrons. The quantitative estimate of drug-likeness (QED) is 0.561. The van der Waals surface area contributed by atoms with Crippen molar-refractivity contribution in [1.29, 1.82) is 0 Å². The number of benzene rings is 2. The largest absolute Gasteiger partial charge is 0.494 e. The summed E-state index contributed by atoms with van der Waals surface area (Å²) in [4.78, 5) is 14.8. The zero-order chi connectivity index (χ0) is 18.7. The first-order chi connectivity index (χ1) is 12.5. The summed E-state index contributed by atoms with van der Waals surface area (Å²) >= 11 is 12.3. The number of carboxylic acid groups (broad SMARTS) is 1. The average molecular weight is 393 g/mol. The van der Waals surface area contributed by atoms with Gasteiger partial charge in [0.25, 0.3) is 0 Å². The summed E-state index contributed by atoms with van der Waals surface area (Å²) in [6.07, 6.45) is 2.21. The van der Waals surface area contributed by atoms with Gasteiger partial charge in [-0.2, -0.15) is 0 Å². The molecule has 1 atom stereocenters. The molecule has 3 N–H and O–H groups in total. The number of rotatable bonds is 7. The fraction of sp³-hybridized carbons (Fsp3) is 0.211. The van der Waals surface area contributed by atoms with Crippen molar-refractivity contribution in [1.82, 2.24) is 10.3 Å². The summed E-state index contributed by atoms with van der Waals surface area (Å²) in [6.45, 7) is 0.322. The third-order valence-corrected chi connectivity index (χ3v) is 4.77. The Kier molecular flexibility index (Phi) is 5.71. The van der Waals surface area contributed by atoms with Gasteiger partial charge in [0.15, 0.2) is 5.75 Å². The lowest BCUT2D eigenvalue weighted by atomic mass is 10.0. The highest BCUT2D eigenvalue weighted by Crippen LogP contribution is 2.33. The molecule has 0 spiro atoms. The van der Waals surface area contributed by atoms with Crippen LogP contribution < -0.4 is 10.1 Å². The normalized spacial score (nSPS) is 12.3. The van der Waals surface area contributed by atoms with Crippen molar-refractivity contribution < 1.29 is 14.6 Å². The number of carboxylic acids is 1. The monoisotopic (exact) mass is 392 g/mol. The van der Waals surface area contributed by atoms with Crippen LogP contribution in [0.4, 0.5) is 0 Å². The molecule has 0 aliphatic heterocycles. The maximum absolute atomic E-state index is 11.7. The second-order valence-electron chi connectivity index (χ2n) is 5.93. The Morgan fingerprint density at radius 1 is 1.27 bits per heavy atom. The van der Waals surface area contributed by atoms with Gasteiger partial charge >= 0.3 is 5.97 Å². The Hall–Kier alpha value is -2.21. The Balaban J connectivity index is 1.74. The standard InChI is InChI=1S/C19H18Cl2N2O3/c1-26-18-14(20)6-11(7-15(18)21)9-22-17(19(24)25)8-12-10-23-16-5-3-2-4-13(12)16/h2-7,10,17,22-23H,8-9H2,1H3,(H,24,25). The summed E-state index contributed by atoms with van der Waals surface area (Å²) in [5, 5.41) is 14.4. The average Bonchev–Trinajstić information content (AvgIpc) is 3.01. The van der Waals surface area contributed by atoms with Crippen molar-refractivity contribution in [2.24, 2.45) is 0 Å². The second-order valence-corrected chi connectivity index (χ2v) is 6.74. The number of nitrogens with one attached hydrogen (secondary N) is 2. The highest BCUT2D eigenvalue weighted by atomic mass is 35.5. The van der Waals surface area contributed by atoms with Crippen LogP contribution in [-0.2, 0) is 17.8 Å². The molecule has 1 aromatic heterocycles. The van der Waals surface area contributed by atoms with Crippen LogP contribution in [0.5, 0.6) is 5.75 Å². The predicted molar refractivity (Wildman–Crippen MR) is 103 cm³/mol. The molecule has 136 valence electrons. The van der Waals surface area contributed by atoms with Crippen LogP contribution in [0.2, 0.25) is 10.0 Å². The van der Waals surface area contributed by atoms with Crippen molar-refractivity contribution in [3.05, 3.63) is 63.8 Å². The fourth-order valence-corrected chi connectivity index (χ4v) is 3.60. The van der Waals surface area contributed by atoms with E-state index in [2.05, 4.69) is 10.3 Å². The number of aromatic amines is 1. The molecule has 5 nitrogen and oxygen atoms in total. The zero-order valence-corrected chi connectivity index (χ0v) is 15.6. The summed E-state index contributed by atoms with van der Waals surface area (Å²) < 4.78 is 5.12. The van der Waals surface area contributed by atoms with Crippen LogP contribution in [0, 0.1) is 0 Å². The van der Waals surface area contributed by atoms with Crippen molar-refractivity contribution in [3.8, 4) is 5.75 Å². The SMILES string of the molecule is COc1c(Cl)cc(CNC(Cc2c[nH]c3ccccc23)C(=O)O)cc1Cl. The Morgan fingerprint density at radius 3 is 2.62 bits per heavy atom. The molecule has 2 aromatic carbocycles. The van der Waals surface area contributed by atoms with E-state index in [0.29, 0.717) is 28.8 Å². The lowest BCUT2D eigenvalue weighted by Crippen LogP contribution is -2.38. The molecule has 1 heterocycles. The van der Waals surface area contributed by atoms with Gasteiger partial charge in [-0.1, -0.05) is 41.4 Å². The third-order valence-electron chi connectivity index (χ3n) is 4.21. The predicted octanol–water partition coefficient (Wildman–Crippen LogP) is 4.27. The maximum atomic E-state index is 11.7. The van der Waals surface area contributed by atoms with Gasteiger partial charge in [-0.25, -0.2) is 0 Å². The molecule has 1 unspecified atom stereocenters. The van der Waals surface area contributed by atoms with Crippen LogP contribution in [-0.4, -0.2) is 29.2 Å². The molecule has 0 saturated heterocycles. The van der Waals surface area contributed by atoms with Crippen LogP contribution in [0.15, 0.2) is 42.6 Å². The first kappa shape index (κ1) is 18.6. The second kappa shape index (κ2) is 7.99. The molecule has 0 aliphatic carbocycles. The van der Waals surface area contributed by atoms with Crippen molar-refractivity contribution >= 4 is 40.1 Å². The minimum atomic E-state index is -0.916. The number of fused-ring (bicyclic) bond motifs is 1. The van der Waals surface area contributed by atoms with Crippen LogP contribution in [0.25, 0.3) is 10.9 Å². The number of aliphatic carboxylic acids is 1. The van der Waals surface area contributed by atoms with E-state index in [1.807, 2.05) is 30.5 Å². The minimum absolute atomic E-state index is 0.322. The smallest absolute Gasteiger partial charge is 0.321 e. The number of methoxy groups -OCH3 is 1. The number of carbonyl (C=O) groups is 1. The van der Waals surface area contributed by atoms with Crippen molar-refractivity contribution in [2.75, 3.05) is 7.11 Å². The van der Waals surface area contributed by atoms with Gasteiger partial charge in [-0.15, -0.1) is 0 Å². The highest BCUT2D eigenvalue weighted by molar-refractivity contribution is 6.37. The summed E-state index contributed by atoms with van der Waals surface area (Å²) in [7, 11) is 1.49. The molecular formula is C19H18Cl2N2O3. The molecule has 0 saturated carbocycles. The third kappa shape index (κ3) is 3.96. The van der Waals surface area contributed by atoms with E-state index in [1.165, 1.54) is 7.11 Å². The lowest BCUT2D eigenvalue weighted by molar-refractivity contribution is -0.139. The number of halogens is 2. The van der Waals surface area contributed by atoms with Crippen molar-refractivity contribution in [3.63, 3.8) is 0 Å². The number of aromatic nitrogens is 1. The minimum Gasteiger partial charge on any atom is -0.494 e. The number of ether oxygens (including phenoxy) is 1. The molecule has 3 rings (SSSR count). The van der Waals surface area contributed by atoms with E-state index in [1.54, 1.807) is 12.1 Å². The van der Waals surface area contributed by atoms with E-state index in [9.17, 15) is 9.90 Å². The molecule has 0 bridgehead atoms. The van der Waals surface area contributed by atoms with Crippen LogP contribution in [0.1, 0.15) is 11.1 Å². The number of H-pyrrole nitrogens is 1. The first-order valence-corrected chi connectivity index (χ1v) is 8.78. The van der Waals surface area contributed by atoms with Gasteiger partial charge in [0.1, 0.15) is 6.04 Å².